The topological polar surface area (TPSA) is 83.1 Å². The van der Waals surface area contributed by atoms with Crippen LogP contribution in [0.4, 0.5) is 8.78 Å². The van der Waals surface area contributed by atoms with Crippen LogP contribution in [-0.4, -0.2) is 65.8 Å². The summed E-state index contributed by atoms with van der Waals surface area (Å²) in [6, 6.07) is 22.6. The van der Waals surface area contributed by atoms with Gasteiger partial charge in [0.25, 0.3) is 0 Å². The normalized spacial score (nSPS) is 16.7. The van der Waals surface area contributed by atoms with Crippen molar-refractivity contribution in [3.63, 3.8) is 0 Å². The lowest BCUT2D eigenvalue weighted by Gasteiger charge is -2.44. The number of hydrogen-bond acceptors (Lipinski definition) is 9. The standard InChI is InChI=1S/C58H74F2O9Si/c1-17-57(18-2)50-45(33-39(59)34-46(50)60)49-43-35-47(62-15)48(63-16)36-44(43)52-42(51(49)57)27-28-58(66-52,37-19-23-40(61-14)24-20-37)38-21-25-41(26-22-38)64-30-31-65-56(12,13)29-32-70(67-53(3,4)5,68-54(6,7)8)69-55(9,10)11/h19-28,33-36H,17-18,29-32H2,1-16H3. The molecule has 0 saturated carbocycles. The van der Waals surface area contributed by atoms with Crippen LogP contribution in [0.15, 0.2) is 78.9 Å². The molecule has 0 aromatic heterocycles. The second-order valence-corrected chi connectivity index (χ2v) is 24.5. The summed E-state index contributed by atoms with van der Waals surface area (Å²) in [7, 11) is 1.60. The predicted molar refractivity (Wildman–Crippen MR) is 277 cm³/mol. The van der Waals surface area contributed by atoms with E-state index in [1.165, 1.54) is 6.07 Å². The zero-order valence-electron chi connectivity index (χ0n) is 44.3. The van der Waals surface area contributed by atoms with Gasteiger partial charge in [0.2, 0.25) is 0 Å². The monoisotopic (exact) mass is 981 g/mol. The van der Waals surface area contributed by atoms with Gasteiger partial charge in [-0.25, -0.2) is 8.78 Å². The Kier molecular flexibility index (Phi) is 14.8. The van der Waals surface area contributed by atoms with Crippen molar-refractivity contribution < 1.29 is 50.5 Å². The van der Waals surface area contributed by atoms with E-state index in [9.17, 15) is 0 Å². The molecule has 0 fully saturated rings. The molecule has 0 bridgehead atoms. The van der Waals surface area contributed by atoms with Gasteiger partial charge in [-0.15, -0.1) is 0 Å². The lowest BCUT2D eigenvalue weighted by atomic mass is 9.71. The zero-order valence-corrected chi connectivity index (χ0v) is 45.3. The van der Waals surface area contributed by atoms with Crippen LogP contribution in [0.5, 0.6) is 28.7 Å². The molecule has 1 aliphatic heterocycles. The Labute approximate surface area is 416 Å². The Morgan fingerprint density at radius 2 is 1.14 bits per heavy atom. The molecule has 9 nitrogen and oxygen atoms in total. The minimum absolute atomic E-state index is 0.320. The Balaban J connectivity index is 1.21. The third-order valence-corrected chi connectivity index (χ3v) is 16.7. The highest BCUT2D eigenvalue weighted by Gasteiger charge is 2.52. The second-order valence-electron chi connectivity index (χ2n) is 22.1. The maximum atomic E-state index is 16.3. The minimum atomic E-state index is -3.21. The average Bonchev–Trinajstić information content (AvgIpc) is 3.58. The van der Waals surface area contributed by atoms with Crippen LogP contribution in [0.1, 0.15) is 137 Å². The van der Waals surface area contributed by atoms with E-state index in [0.29, 0.717) is 83.8 Å². The molecule has 1 aliphatic carbocycles. The lowest BCUT2D eigenvalue weighted by molar-refractivity contribution is -0.0823. The van der Waals surface area contributed by atoms with Crippen molar-refractivity contribution in [2.24, 2.45) is 0 Å². The van der Waals surface area contributed by atoms with E-state index in [-0.39, 0.29) is 0 Å². The molecule has 1 heterocycles. The van der Waals surface area contributed by atoms with E-state index in [1.54, 1.807) is 21.3 Å². The summed E-state index contributed by atoms with van der Waals surface area (Å²) in [6.07, 6.45) is 5.96. The summed E-state index contributed by atoms with van der Waals surface area (Å²) in [5.41, 5.74) is 1.33. The summed E-state index contributed by atoms with van der Waals surface area (Å²) in [5.74, 6) is 1.74. The predicted octanol–water partition coefficient (Wildman–Crippen LogP) is 14.5. The lowest BCUT2D eigenvalue weighted by Crippen LogP contribution is -2.57. The molecule has 5 aromatic carbocycles. The molecule has 5 aromatic rings. The van der Waals surface area contributed by atoms with Gasteiger partial charge in [0.15, 0.2) is 17.1 Å². The van der Waals surface area contributed by atoms with Crippen molar-refractivity contribution >= 4 is 25.7 Å². The Bertz CT molecular complexity index is 2670. The molecule has 2 aliphatic rings. The van der Waals surface area contributed by atoms with Gasteiger partial charge in [-0.2, -0.15) is 0 Å². The summed E-state index contributed by atoms with van der Waals surface area (Å²) < 4.78 is 89.4. The molecule has 0 amide bonds. The SMILES string of the molecule is CCC1(CC)c2c(F)cc(F)cc2-c2c1c1c(c3cc(OC)c(OC)cc23)OC(c2ccc(OC)cc2)(c2ccc(OCCOC(C)(C)CC[Si](OC(C)(C)C)(OC(C)(C)C)OC(C)(C)C)cc2)C=C1. The summed E-state index contributed by atoms with van der Waals surface area (Å²) in [6.45, 7) is 27.3. The van der Waals surface area contributed by atoms with Crippen LogP contribution in [0.25, 0.3) is 28.0 Å². The first kappa shape index (κ1) is 52.8. The number of rotatable bonds is 18. The summed E-state index contributed by atoms with van der Waals surface area (Å²) >= 11 is 0. The van der Waals surface area contributed by atoms with Crippen molar-refractivity contribution in [1.29, 1.82) is 0 Å². The van der Waals surface area contributed by atoms with Gasteiger partial charge < -0.3 is 41.7 Å². The van der Waals surface area contributed by atoms with Crippen LogP contribution in [0.3, 0.4) is 0 Å². The molecule has 7 rings (SSSR count). The molecule has 1 atom stereocenters. The first-order chi connectivity index (χ1) is 32.8. The summed E-state index contributed by atoms with van der Waals surface area (Å²) in [4.78, 5) is 0. The second kappa shape index (κ2) is 19.6. The van der Waals surface area contributed by atoms with Crippen LogP contribution in [0.2, 0.25) is 6.04 Å². The first-order valence-corrected chi connectivity index (χ1v) is 26.5. The molecule has 378 valence electrons. The summed E-state index contributed by atoms with van der Waals surface area (Å²) in [5, 5.41) is 1.46. The molecule has 0 N–H and O–H groups in total. The number of hydrogen-bond donors (Lipinski definition) is 0. The van der Waals surface area contributed by atoms with E-state index in [0.717, 1.165) is 39.3 Å². The van der Waals surface area contributed by atoms with E-state index < -0.39 is 53.9 Å². The molecule has 1 unspecified atom stereocenters. The molecule has 0 radical (unpaired) electrons. The van der Waals surface area contributed by atoms with Gasteiger partial charge >= 0.3 is 8.80 Å². The van der Waals surface area contributed by atoms with Crippen molar-refractivity contribution in [2.45, 2.75) is 149 Å². The van der Waals surface area contributed by atoms with Crippen molar-refractivity contribution in [3.05, 3.63) is 118 Å². The number of methoxy groups -OCH3 is 3. The van der Waals surface area contributed by atoms with Crippen molar-refractivity contribution in [2.75, 3.05) is 34.5 Å². The van der Waals surface area contributed by atoms with E-state index in [4.69, 9.17) is 41.7 Å². The molecule has 70 heavy (non-hydrogen) atoms. The van der Waals surface area contributed by atoms with Crippen LogP contribution >= 0.6 is 0 Å². The smallest absolute Gasteiger partial charge is 0.497 e. The molecular weight excluding hydrogens is 907 g/mol. The van der Waals surface area contributed by atoms with Gasteiger partial charge in [0.1, 0.15) is 35.5 Å². The fourth-order valence-corrected chi connectivity index (χ4v) is 14.5. The number of fused-ring (bicyclic) bond motifs is 8. The average molecular weight is 981 g/mol. The zero-order chi connectivity index (χ0) is 51.2. The highest BCUT2D eigenvalue weighted by Crippen LogP contribution is 2.62. The Morgan fingerprint density at radius 1 is 0.614 bits per heavy atom. The van der Waals surface area contributed by atoms with Crippen molar-refractivity contribution in [3.8, 4) is 39.9 Å². The van der Waals surface area contributed by atoms with Crippen LogP contribution in [-0.2, 0) is 29.0 Å². The first-order valence-electron chi connectivity index (χ1n) is 24.5. The quantitative estimate of drug-likeness (QED) is 0.0630. The number of halogens is 2. The highest BCUT2D eigenvalue weighted by atomic mass is 28.4. The third-order valence-electron chi connectivity index (χ3n) is 13.1. The van der Waals surface area contributed by atoms with Gasteiger partial charge in [0.05, 0.1) is 50.3 Å². The third kappa shape index (κ3) is 10.6. The largest absolute Gasteiger partial charge is 0.502 e. The maximum Gasteiger partial charge on any atom is 0.502 e. The maximum absolute atomic E-state index is 16.3. The molecular formula is C58H74F2O9Si. The van der Waals surface area contributed by atoms with E-state index >= 15 is 8.78 Å². The fourth-order valence-electron chi connectivity index (χ4n) is 10.3. The number of benzene rings is 5. The van der Waals surface area contributed by atoms with Gasteiger partial charge in [-0.1, -0.05) is 44.2 Å². The van der Waals surface area contributed by atoms with E-state index in [2.05, 4.69) is 39.8 Å². The molecule has 0 spiro atoms. The van der Waals surface area contributed by atoms with Crippen molar-refractivity contribution in [1.82, 2.24) is 0 Å². The molecule has 12 heteroatoms. The van der Waals surface area contributed by atoms with E-state index in [1.807, 2.05) is 123 Å². The molecule has 0 saturated heterocycles. The Hall–Kier alpha value is -4.98. The van der Waals surface area contributed by atoms with Gasteiger partial charge in [-0.05, 0) is 166 Å². The Morgan fingerprint density at radius 3 is 1.64 bits per heavy atom. The van der Waals surface area contributed by atoms with Crippen LogP contribution in [0, 0.1) is 11.6 Å². The highest BCUT2D eigenvalue weighted by molar-refractivity contribution is 6.61. The fraction of sp³-hybridized carbons (Fsp3) is 0.483. The number of ether oxygens (including phenoxy) is 6. The van der Waals surface area contributed by atoms with Gasteiger partial charge in [-0.3, -0.25) is 0 Å². The minimum Gasteiger partial charge on any atom is -0.497 e. The van der Waals surface area contributed by atoms with Crippen LogP contribution < -0.4 is 23.7 Å². The van der Waals surface area contributed by atoms with Gasteiger partial charge in [0, 0.05) is 45.2 Å².